The van der Waals surface area contributed by atoms with E-state index in [1.807, 2.05) is 31.2 Å². The van der Waals surface area contributed by atoms with Crippen molar-refractivity contribution < 1.29 is 4.79 Å². The largest absolute Gasteiger partial charge is 0.398 e. The molecule has 2 aromatic rings. The monoisotopic (exact) mass is 215 g/mol. The van der Waals surface area contributed by atoms with Crippen LogP contribution in [-0.4, -0.2) is 10.9 Å². The molecule has 0 saturated heterocycles. The van der Waals surface area contributed by atoms with E-state index in [9.17, 15) is 4.79 Å². The van der Waals surface area contributed by atoms with E-state index >= 15 is 0 Å². The van der Waals surface area contributed by atoms with Gasteiger partial charge in [-0.3, -0.25) is 9.78 Å². The summed E-state index contributed by atoms with van der Waals surface area (Å²) < 4.78 is 0. The maximum absolute atomic E-state index is 10.9. The van der Waals surface area contributed by atoms with Crippen molar-refractivity contribution >= 4 is 28.2 Å². The second-order valence-corrected chi connectivity index (χ2v) is 3.77. The molecular formula is C12H13N3O. The number of pyridine rings is 1. The van der Waals surface area contributed by atoms with Crippen LogP contribution in [0.1, 0.15) is 12.6 Å². The Kier molecular flexibility index (Phi) is 2.48. The first-order valence-electron chi connectivity index (χ1n) is 5.01. The summed E-state index contributed by atoms with van der Waals surface area (Å²) in [4.78, 5) is 15.3. The van der Waals surface area contributed by atoms with Crippen LogP contribution in [0.3, 0.4) is 0 Å². The molecule has 0 saturated carbocycles. The maximum Gasteiger partial charge on any atom is 0.221 e. The van der Waals surface area contributed by atoms with Crippen molar-refractivity contribution in [1.82, 2.24) is 4.98 Å². The molecule has 82 valence electrons. The Bertz CT molecular complexity index is 563. The number of carbonyl (C=O) groups is 1. The Balaban J connectivity index is 2.57. The summed E-state index contributed by atoms with van der Waals surface area (Å²) in [6.45, 7) is 3.36. The van der Waals surface area contributed by atoms with Gasteiger partial charge in [0.25, 0.3) is 0 Å². The lowest BCUT2D eigenvalue weighted by Gasteiger charge is -2.06. The van der Waals surface area contributed by atoms with Gasteiger partial charge in [-0.1, -0.05) is 0 Å². The summed E-state index contributed by atoms with van der Waals surface area (Å²) in [5.41, 5.74) is 8.98. The summed E-state index contributed by atoms with van der Waals surface area (Å²) in [5, 5.41) is 3.62. The topological polar surface area (TPSA) is 68.0 Å². The van der Waals surface area contributed by atoms with Crippen LogP contribution in [0.5, 0.6) is 0 Å². The number of hydrogen-bond donors (Lipinski definition) is 2. The molecule has 4 heteroatoms. The van der Waals surface area contributed by atoms with E-state index in [1.165, 1.54) is 6.92 Å². The maximum atomic E-state index is 10.9. The molecule has 0 unspecified atom stereocenters. The van der Waals surface area contributed by atoms with Crippen LogP contribution in [0.2, 0.25) is 0 Å². The van der Waals surface area contributed by atoms with E-state index in [0.717, 1.165) is 22.3 Å². The molecule has 1 heterocycles. The van der Waals surface area contributed by atoms with Crippen molar-refractivity contribution in [2.75, 3.05) is 11.1 Å². The molecule has 4 nitrogen and oxygen atoms in total. The van der Waals surface area contributed by atoms with Gasteiger partial charge in [0.05, 0.1) is 5.52 Å². The molecule has 3 N–H and O–H groups in total. The highest BCUT2D eigenvalue weighted by molar-refractivity contribution is 5.95. The Labute approximate surface area is 93.5 Å². The van der Waals surface area contributed by atoms with E-state index in [4.69, 9.17) is 5.73 Å². The lowest BCUT2D eigenvalue weighted by Crippen LogP contribution is -2.05. The van der Waals surface area contributed by atoms with Crippen molar-refractivity contribution in [2.24, 2.45) is 0 Å². The summed E-state index contributed by atoms with van der Waals surface area (Å²) in [7, 11) is 0. The number of amides is 1. The third-order valence-electron chi connectivity index (χ3n) is 2.29. The fourth-order valence-corrected chi connectivity index (χ4v) is 1.67. The molecule has 0 spiro atoms. The van der Waals surface area contributed by atoms with E-state index in [-0.39, 0.29) is 5.91 Å². The number of fused-ring (bicyclic) bond motifs is 1. The van der Waals surface area contributed by atoms with Crippen molar-refractivity contribution in [2.45, 2.75) is 13.8 Å². The number of nitrogens with two attached hydrogens (primary N) is 1. The van der Waals surface area contributed by atoms with Crippen LogP contribution in [-0.2, 0) is 4.79 Å². The SMILES string of the molecule is CC(=O)Nc1ccc2c(N)cc(C)nc2c1. The van der Waals surface area contributed by atoms with Crippen LogP contribution in [0.4, 0.5) is 11.4 Å². The third-order valence-corrected chi connectivity index (χ3v) is 2.29. The first kappa shape index (κ1) is 10.4. The molecule has 1 amide bonds. The fourth-order valence-electron chi connectivity index (χ4n) is 1.67. The molecule has 0 bridgehead atoms. The number of rotatable bonds is 1. The minimum Gasteiger partial charge on any atom is -0.398 e. The second kappa shape index (κ2) is 3.81. The summed E-state index contributed by atoms with van der Waals surface area (Å²) in [5.74, 6) is -0.0972. The van der Waals surface area contributed by atoms with Crippen LogP contribution in [0.25, 0.3) is 10.9 Å². The number of nitrogens with one attached hydrogen (secondary N) is 1. The Morgan fingerprint density at radius 3 is 2.81 bits per heavy atom. The van der Waals surface area contributed by atoms with Crippen molar-refractivity contribution in [3.05, 3.63) is 30.0 Å². The summed E-state index contributed by atoms with van der Waals surface area (Å²) in [6.07, 6.45) is 0. The third kappa shape index (κ3) is 1.95. The van der Waals surface area contributed by atoms with Gasteiger partial charge in [-0.15, -0.1) is 0 Å². The molecule has 16 heavy (non-hydrogen) atoms. The van der Waals surface area contributed by atoms with Gasteiger partial charge in [0.1, 0.15) is 0 Å². The van der Waals surface area contributed by atoms with Gasteiger partial charge in [-0.25, -0.2) is 0 Å². The van der Waals surface area contributed by atoms with E-state index in [2.05, 4.69) is 10.3 Å². The fraction of sp³-hybridized carbons (Fsp3) is 0.167. The second-order valence-electron chi connectivity index (χ2n) is 3.77. The highest BCUT2D eigenvalue weighted by Crippen LogP contribution is 2.23. The number of anilines is 2. The average Bonchev–Trinajstić information content (AvgIpc) is 2.15. The Hall–Kier alpha value is -2.10. The lowest BCUT2D eigenvalue weighted by atomic mass is 10.1. The number of hydrogen-bond acceptors (Lipinski definition) is 3. The zero-order valence-corrected chi connectivity index (χ0v) is 9.24. The van der Waals surface area contributed by atoms with E-state index in [0.29, 0.717) is 5.69 Å². The lowest BCUT2D eigenvalue weighted by molar-refractivity contribution is -0.114. The summed E-state index contributed by atoms with van der Waals surface area (Å²) >= 11 is 0. The zero-order valence-electron chi connectivity index (χ0n) is 9.24. The van der Waals surface area contributed by atoms with Crippen LogP contribution in [0.15, 0.2) is 24.3 Å². The van der Waals surface area contributed by atoms with E-state index < -0.39 is 0 Å². The minimum absolute atomic E-state index is 0.0972. The quantitative estimate of drug-likeness (QED) is 0.765. The van der Waals surface area contributed by atoms with Gasteiger partial charge in [-0.2, -0.15) is 0 Å². The Morgan fingerprint density at radius 1 is 1.38 bits per heavy atom. The van der Waals surface area contributed by atoms with Crippen LogP contribution < -0.4 is 11.1 Å². The van der Waals surface area contributed by atoms with Gasteiger partial charge in [-0.05, 0) is 31.2 Å². The van der Waals surface area contributed by atoms with Crippen LogP contribution >= 0.6 is 0 Å². The van der Waals surface area contributed by atoms with Gasteiger partial charge < -0.3 is 11.1 Å². The normalized spacial score (nSPS) is 10.4. The Morgan fingerprint density at radius 2 is 2.12 bits per heavy atom. The number of aromatic nitrogens is 1. The predicted octanol–water partition coefficient (Wildman–Crippen LogP) is 2.08. The smallest absolute Gasteiger partial charge is 0.221 e. The molecule has 0 aliphatic rings. The molecule has 0 fully saturated rings. The first-order chi connectivity index (χ1) is 7.56. The average molecular weight is 215 g/mol. The predicted molar refractivity (Wildman–Crippen MR) is 65.2 cm³/mol. The molecule has 1 aromatic carbocycles. The molecule has 0 aliphatic carbocycles. The number of benzene rings is 1. The molecule has 0 atom stereocenters. The molecule has 0 aliphatic heterocycles. The summed E-state index contributed by atoms with van der Waals surface area (Å²) in [6, 6.07) is 7.33. The molecule has 0 radical (unpaired) electrons. The number of carbonyl (C=O) groups excluding carboxylic acids is 1. The van der Waals surface area contributed by atoms with Crippen molar-refractivity contribution in [3.63, 3.8) is 0 Å². The minimum atomic E-state index is -0.0972. The highest BCUT2D eigenvalue weighted by atomic mass is 16.1. The first-order valence-corrected chi connectivity index (χ1v) is 5.01. The van der Waals surface area contributed by atoms with Gasteiger partial charge in [0, 0.05) is 29.4 Å². The number of nitrogens with zero attached hydrogens (tertiary/aromatic N) is 1. The van der Waals surface area contributed by atoms with Gasteiger partial charge in [0.15, 0.2) is 0 Å². The van der Waals surface area contributed by atoms with E-state index in [1.54, 1.807) is 0 Å². The highest BCUT2D eigenvalue weighted by Gasteiger charge is 2.03. The van der Waals surface area contributed by atoms with Gasteiger partial charge in [0.2, 0.25) is 5.91 Å². The van der Waals surface area contributed by atoms with Gasteiger partial charge >= 0.3 is 0 Å². The zero-order chi connectivity index (χ0) is 11.7. The standard InChI is InChI=1S/C12H13N3O/c1-7-5-11(13)10-4-3-9(15-8(2)16)6-12(10)14-7/h3-6H,1-2H3,(H2,13,14)(H,15,16). The molecule has 2 rings (SSSR count). The number of aryl methyl sites for hydroxylation is 1. The number of nitrogen functional groups attached to an aromatic ring is 1. The van der Waals surface area contributed by atoms with Crippen molar-refractivity contribution in [3.8, 4) is 0 Å². The van der Waals surface area contributed by atoms with Crippen LogP contribution in [0, 0.1) is 6.92 Å². The molecule has 1 aromatic heterocycles. The molecular weight excluding hydrogens is 202 g/mol. The van der Waals surface area contributed by atoms with Crippen molar-refractivity contribution in [1.29, 1.82) is 0 Å².